The topological polar surface area (TPSA) is 3.24 Å². The van der Waals surface area contributed by atoms with Gasteiger partial charge in [-0.1, -0.05) is 146 Å². The number of hydrogen-bond acceptors (Lipinski definition) is 1. The highest BCUT2D eigenvalue weighted by Gasteiger charge is 2.53. The van der Waals surface area contributed by atoms with Gasteiger partial charge in [0.15, 0.2) is 0 Å². The monoisotopic (exact) mass is 643 g/mol. The average Bonchev–Trinajstić information content (AvgIpc) is 3.61. The predicted octanol–water partition coefficient (Wildman–Crippen LogP) is 13.1. The van der Waals surface area contributed by atoms with Gasteiger partial charge in [0, 0.05) is 16.9 Å². The number of fused-ring (bicyclic) bond motifs is 7. The number of rotatable bonds is 7. The molecular weight excluding hydrogens is 603 g/mol. The molecule has 1 spiro atoms. The summed E-state index contributed by atoms with van der Waals surface area (Å²) in [5, 5.41) is 0. The molecule has 0 bridgehead atoms. The SMILES string of the molecule is C\C=C/C=C(\C=C/C)N(c1ccc(-c2ccccc2)cc1)c1cccc2c1-c1ccccc1C21C(c2ccccc2C)=C(C)c2ccccc21. The van der Waals surface area contributed by atoms with Crippen LogP contribution in [-0.4, -0.2) is 0 Å². The molecule has 0 saturated carbocycles. The van der Waals surface area contributed by atoms with Gasteiger partial charge in [0.25, 0.3) is 0 Å². The van der Waals surface area contributed by atoms with Gasteiger partial charge in [0.1, 0.15) is 0 Å². The van der Waals surface area contributed by atoms with Crippen LogP contribution in [0.5, 0.6) is 0 Å². The Bertz CT molecular complexity index is 2350. The predicted molar refractivity (Wildman–Crippen MR) is 214 cm³/mol. The maximum absolute atomic E-state index is 2.44. The van der Waals surface area contributed by atoms with Crippen LogP contribution in [0.1, 0.15) is 54.2 Å². The fourth-order valence-electron chi connectivity index (χ4n) is 8.43. The first kappa shape index (κ1) is 31.4. The molecule has 0 aliphatic heterocycles. The molecular formula is C49H41N. The second kappa shape index (κ2) is 12.8. The summed E-state index contributed by atoms with van der Waals surface area (Å²) in [6.45, 7) is 8.74. The van der Waals surface area contributed by atoms with E-state index in [2.05, 4.69) is 209 Å². The Balaban J connectivity index is 1.44. The van der Waals surface area contributed by atoms with Gasteiger partial charge in [-0.3, -0.25) is 0 Å². The minimum atomic E-state index is -0.453. The molecule has 50 heavy (non-hydrogen) atoms. The summed E-state index contributed by atoms with van der Waals surface area (Å²) in [6, 6.07) is 53.7. The fourth-order valence-corrected chi connectivity index (χ4v) is 8.43. The largest absolute Gasteiger partial charge is 0.310 e. The molecule has 2 aliphatic carbocycles. The molecule has 6 aromatic rings. The van der Waals surface area contributed by atoms with Crippen LogP contribution in [0.4, 0.5) is 11.4 Å². The van der Waals surface area contributed by atoms with Gasteiger partial charge >= 0.3 is 0 Å². The van der Waals surface area contributed by atoms with Crippen molar-refractivity contribution in [1.82, 2.24) is 0 Å². The van der Waals surface area contributed by atoms with Gasteiger partial charge in [-0.25, -0.2) is 0 Å². The van der Waals surface area contributed by atoms with Crippen molar-refractivity contribution in [3.8, 4) is 22.3 Å². The average molecular weight is 644 g/mol. The first-order valence-corrected chi connectivity index (χ1v) is 17.6. The smallest absolute Gasteiger partial charge is 0.0728 e. The molecule has 0 radical (unpaired) electrons. The Labute approximate surface area is 296 Å². The Morgan fingerprint density at radius 1 is 0.540 bits per heavy atom. The summed E-state index contributed by atoms with van der Waals surface area (Å²) in [6.07, 6.45) is 10.8. The van der Waals surface area contributed by atoms with Gasteiger partial charge < -0.3 is 4.90 Å². The lowest BCUT2D eigenvalue weighted by atomic mass is 9.67. The van der Waals surface area contributed by atoms with Crippen molar-refractivity contribution in [2.45, 2.75) is 33.1 Å². The van der Waals surface area contributed by atoms with Crippen molar-refractivity contribution in [3.05, 3.63) is 215 Å². The van der Waals surface area contributed by atoms with Crippen molar-refractivity contribution in [2.24, 2.45) is 0 Å². The Hall–Kier alpha value is -5.92. The molecule has 0 amide bonds. The van der Waals surface area contributed by atoms with E-state index in [4.69, 9.17) is 0 Å². The van der Waals surface area contributed by atoms with Gasteiger partial charge in [-0.05, 0) is 119 Å². The molecule has 1 nitrogen and oxygen atoms in total. The van der Waals surface area contributed by atoms with E-state index in [0.29, 0.717) is 0 Å². The van der Waals surface area contributed by atoms with Crippen LogP contribution in [0.25, 0.3) is 33.4 Å². The zero-order valence-corrected chi connectivity index (χ0v) is 29.2. The molecule has 8 rings (SSSR count). The lowest BCUT2D eigenvalue weighted by Gasteiger charge is -2.34. The molecule has 0 fully saturated rings. The van der Waals surface area contributed by atoms with Crippen molar-refractivity contribution in [1.29, 1.82) is 0 Å². The zero-order chi connectivity index (χ0) is 34.2. The summed E-state index contributed by atoms with van der Waals surface area (Å²) < 4.78 is 0. The molecule has 2 aliphatic rings. The third-order valence-electron chi connectivity index (χ3n) is 10.5. The molecule has 1 heteroatoms. The maximum atomic E-state index is 2.44. The molecule has 1 atom stereocenters. The number of nitrogens with zero attached hydrogens (tertiary/aromatic N) is 1. The van der Waals surface area contributed by atoms with E-state index in [-0.39, 0.29) is 0 Å². The minimum Gasteiger partial charge on any atom is -0.310 e. The van der Waals surface area contributed by atoms with Crippen LogP contribution >= 0.6 is 0 Å². The number of allylic oxidation sites excluding steroid dienone is 7. The van der Waals surface area contributed by atoms with Gasteiger partial charge in [0.2, 0.25) is 0 Å². The van der Waals surface area contributed by atoms with Crippen molar-refractivity contribution in [3.63, 3.8) is 0 Å². The Kier molecular flexibility index (Phi) is 8.05. The van der Waals surface area contributed by atoms with E-state index in [1.54, 1.807) is 0 Å². The Morgan fingerprint density at radius 3 is 1.84 bits per heavy atom. The van der Waals surface area contributed by atoms with Crippen LogP contribution in [0, 0.1) is 6.92 Å². The highest BCUT2D eigenvalue weighted by Crippen LogP contribution is 2.66. The third-order valence-corrected chi connectivity index (χ3v) is 10.5. The molecule has 242 valence electrons. The van der Waals surface area contributed by atoms with E-state index in [0.717, 1.165) is 11.4 Å². The van der Waals surface area contributed by atoms with E-state index >= 15 is 0 Å². The van der Waals surface area contributed by atoms with E-state index < -0.39 is 5.41 Å². The van der Waals surface area contributed by atoms with Gasteiger partial charge in [0.05, 0.1) is 11.1 Å². The molecule has 0 N–H and O–H groups in total. The summed E-state index contributed by atoms with van der Waals surface area (Å²) in [7, 11) is 0. The first-order chi connectivity index (χ1) is 24.6. The van der Waals surface area contributed by atoms with Crippen molar-refractivity contribution >= 4 is 22.5 Å². The van der Waals surface area contributed by atoms with Crippen LogP contribution in [-0.2, 0) is 5.41 Å². The molecule has 0 heterocycles. The summed E-state index contributed by atoms with van der Waals surface area (Å²) in [4.78, 5) is 2.44. The fraction of sp³-hybridized carbons (Fsp3) is 0.102. The van der Waals surface area contributed by atoms with Gasteiger partial charge in [-0.15, -0.1) is 0 Å². The normalized spacial score (nSPS) is 16.4. The van der Waals surface area contributed by atoms with Crippen LogP contribution in [0.2, 0.25) is 0 Å². The second-order valence-electron chi connectivity index (χ2n) is 13.2. The summed E-state index contributed by atoms with van der Waals surface area (Å²) in [5.74, 6) is 0. The number of aryl methyl sites for hydroxylation is 1. The van der Waals surface area contributed by atoms with Crippen LogP contribution < -0.4 is 4.90 Å². The number of benzene rings is 6. The standard InChI is InChI=1S/C49H41N/c1-5-7-22-38(18-6-2)50(39-32-30-37(31-33-39)36-20-9-8-10-21-36)46-29-17-28-45-47(46)42-25-14-16-27-44(42)49(45)43-26-15-13-24-41(43)35(4)48(49)40-23-12-11-19-34(40)3/h5-33H,1-4H3/b7-5-,18-6-,38-22+. The lowest BCUT2D eigenvalue weighted by Crippen LogP contribution is -2.27. The van der Waals surface area contributed by atoms with Crippen molar-refractivity contribution < 1.29 is 0 Å². The highest BCUT2D eigenvalue weighted by molar-refractivity contribution is 6.11. The Morgan fingerprint density at radius 2 is 1.14 bits per heavy atom. The maximum Gasteiger partial charge on any atom is 0.0728 e. The third kappa shape index (κ3) is 4.76. The summed E-state index contributed by atoms with van der Waals surface area (Å²) >= 11 is 0. The summed E-state index contributed by atoms with van der Waals surface area (Å²) in [5.41, 5.74) is 18.6. The quantitative estimate of drug-likeness (QED) is 0.156. The number of anilines is 2. The van der Waals surface area contributed by atoms with Gasteiger partial charge in [-0.2, -0.15) is 0 Å². The van der Waals surface area contributed by atoms with Crippen LogP contribution in [0.3, 0.4) is 0 Å². The van der Waals surface area contributed by atoms with E-state index in [9.17, 15) is 0 Å². The molecule has 0 aromatic heterocycles. The molecule has 1 unspecified atom stereocenters. The van der Waals surface area contributed by atoms with E-state index in [1.165, 1.54) is 72.5 Å². The first-order valence-electron chi connectivity index (χ1n) is 17.6. The molecule has 6 aromatic carbocycles. The lowest BCUT2D eigenvalue weighted by molar-refractivity contribution is 0.840. The van der Waals surface area contributed by atoms with Crippen molar-refractivity contribution in [2.75, 3.05) is 4.90 Å². The minimum absolute atomic E-state index is 0.453. The highest BCUT2D eigenvalue weighted by atomic mass is 15.1. The number of hydrogen-bond donors (Lipinski definition) is 0. The van der Waals surface area contributed by atoms with E-state index in [1.807, 2.05) is 0 Å². The zero-order valence-electron chi connectivity index (χ0n) is 29.2. The molecule has 0 saturated heterocycles. The van der Waals surface area contributed by atoms with Crippen LogP contribution in [0.15, 0.2) is 182 Å². The second-order valence-corrected chi connectivity index (χ2v) is 13.2.